The van der Waals surface area contributed by atoms with Crippen LogP contribution in [0.25, 0.3) is 0 Å². The van der Waals surface area contributed by atoms with E-state index in [-0.39, 0.29) is 0 Å². The van der Waals surface area contributed by atoms with Gasteiger partial charge in [-0.1, -0.05) is 34.1 Å². The molecular formula is C18H36N2O. The van der Waals surface area contributed by atoms with Crippen LogP contribution in [-0.4, -0.2) is 49.8 Å². The zero-order valence-electron chi connectivity index (χ0n) is 14.6. The molecular weight excluding hydrogens is 260 g/mol. The fraction of sp³-hybridized carbons (Fsp3) is 1.00. The third kappa shape index (κ3) is 5.22. The molecule has 0 bridgehead atoms. The van der Waals surface area contributed by atoms with Gasteiger partial charge in [0.25, 0.3) is 0 Å². The molecule has 0 radical (unpaired) electrons. The van der Waals surface area contributed by atoms with Crippen molar-refractivity contribution in [1.82, 2.24) is 10.2 Å². The van der Waals surface area contributed by atoms with Crippen LogP contribution in [0, 0.1) is 17.8 Å². The van der Waals surface area contributed by atoms with Crippen LogP contribution in [0.4, 0.5) is 0 Å². The van der Waals surface area contributed by atoms with Crippen molar-refractivity contribution in [3.05, 3.63) is 0 Å². The van der Waals surface area contributed by atoms with Crippen LogP contribution in [-0.2, 0) is 4.74 Å². The monoisotopic (exact) mass is 296 g/mol. The lowest BCUT2D eigenvalue weighted by Crippen LogP contribution is -2.59. The van der Waals surface area contributed by atoms with Gasteiger partial charge in [0.15, 0.2) is 0 Å². The molecule has 0 aromatic rings. The first-order chi connectivity index (χ1) is 10.1. The Hall–Kier alpha value is -0.120. The van der Waals surface area contributed by atoms with Crippen LogP contribution in [0.1, 0.15) is 53.4 Å². The van der Waals surface area contributed by atoms with Gasteiger partial charge in [0.1, 0.15) is 0 Å². The van der Waals surface area contributed by atoms with Gasteiger partial charge in [0, 0.05) is 44.9 Å². The summed E-state index contributed by atoms with van der Waals surface area (Å²) < 4.78 is 5.53. The minimum atomic E-state index is 0.679. The van der Waals surface area contributed by atoms with E-state index in [1.165, 1.54) is 45.3 Å². The number of hydrogen-bond donors (Lipinski definition) is 1. The molecule has 2 rings (SSSR count). The molecule has 0 amide bonds. The molecule has 2 fully saturated rings. The van der Waals surface area contributed by atoms with Gasteiger partial charge >= 0.3 is 0 Å². The number of ether oxygens (including phenoxy) is 1. The Labute approximate surface area is 131 Å². The lowest BCUT2D eigenvalue weighted by Gasteiger charge is -2.44. The van der Waals surface area contributed by atoms with Crippen LogP contribution < -0.4 is 5.32 Å². The molecule has 0 spiro atoms. The van der Waals surface area contributed by atoms with E-state index in [2.05, 4.69) is 37.9 Å². The molecule has 21 heavy (non-hydrogen) atoms. The molecule has 3 heteroatoms. The molecule has 3 nitrogen and oxygen atoms in total. The highest BCUT2D eigenvalue weighted by molar-refractivity contribution is 4.89. The maximum atomic E-state index is 5.53. The quantitative estimate of drug-likeness (QED) is 0.815. The molecule has 2 aliphatic heterocycles. The number of nitrogens with one attached hydrogen (secondary N) is 1. The second kappa shape index (κ2) is 8.50. The second-order valence-electron chi connectivity index (χ2n) is 7.69. The molecule has 2 aliphatic rings. The molecule has 0 aromatic carbocycles. The molecule has 124 valence electrons. The van der Waals surface area contributed by atoms with E-state index in [4.69, 9.17) is 4.74 Å². The van der Waals surface area contributed by atoms with E-state index in [0.29, 0.717) is 6.04 Å². The molecule has 3 atom stereocenters. The summed E-state index contributed by atoms with van der Waals surface area (Å²) in [6, 6.07) is 1.41. The molecule has 2 heterocycles. The largest absolute Gasteiger partial charge is 0.381 e. The van der Waals surface area contributed by atoms with Crippen LogP contribution in [0.2, 0.25) is 0 Å². The number of nitrogens with zero attached hydrogens (tertiary/aromatic N) is 1. The molecule has 1 N–H and O–H groups in total. The first-order valence-corrected chi connectivity index (χ1v) is 9.15. The summed E-state index contributed by atoms with van der Waals surface area (Å²) in [5.74, 6) is 2.42. The third-order valence-corrected chi connectivity index (χ3v) is 5.47. The van der Waals surface area contributed by atoms with E-state index in [9.17, 15) is 0 Å². The lowest BCUT2D eigenvalue weighted by molar-refractivity contribution is 0.0278. The van der Waals surface area contributed by atoms with E-state index in [1.54, 1.807) is 0 Å². The zero-order chi connectivity index (χ0) is 15.2. The summed E-state index contributed by atoms with van der Waals surface area (Å²) in [7, 11) is 0. The summed E-state index contributed by atoms with van der Waals surface area (Å²) in [4.78, 5) is 2.81. The Kier molecular flexibility index (Phi) is 6.97. The minimum Gasteiger partial charge on any atom is -0.381 e. The van der Waals surface area contributed by atoms with E-state index in [1.807, 2.05) is 0 Å². The van der Waals surface area contributed by atoms with Crippen molar-refractivity contribution in [2.75, 3.05) is 32.8 Å². The number of rotatable bonds is 6. The summed E-state index contributed by atoms with van der Waals surface area (Å²) >= 11 is 0. The minimum absolute atomic E-state index is 0.679. The Morgan fingerprint density at radius 2 is 1.90 bits per heavy atom. The van der Waals surface area contributed by atoms with Gasteiger partial charge < -0.3 is 10.1 Å². The van der Waals surface area contributed by atoms with Crippen molar-refractivity contribution in [3.8, 4) is 0 Å². The average Bonchev–Trinajstić information content (AvgIpc) is 2.49. The van der Waals surface area contributed by atoms with Crippen LogP contribution in [0.5, 0.6) is 0 Å². The molecule has 0 aliphatic carbocycles. The first-order valence-electron chi connectivity index (χ1n) is 9.15. The van der Waals surface area contributed by atoms with Crippen molar-refractivity contribution >= 4 is 0 Å². The maximum absolute atomic E-state index is 5.53. The van der Waals surface area contributed by atoms with Gasteiger partial charge in [-0.2, -0.15) is 0 Å². The predicted molar refractivity (Wildman–Crippen MR) is 89.6 cm³/mol. The maximum Gasteiger partial charge on any atom is 0.0469 e. The zero-order valence-corrected chi connectivity index (χ0v) is 14.6. The molecule has 3 unspecified atom stereocenters. The van der Waals surface area contributed by atoms with Gasteiger partial charge in [0.05, 0.1) is 0 Å². The standard InChI is InChI=1S/C18H36N2O/c1-5-15(4)18-13-20(12-16-6-8-21-9-7-16)17(11-19-18)10-14(2)3/h14-19H,5-13H2,1-4H3. The highest BCUT2D eigenvalue weighted by Gasteiger charge is 2.32. The van der Waals surface area contributed by atoms with E-state index in [0.717, 1.165) is 37.0 Å². The number of piperazine rings is 1. The van der Waals surface area contributed by atoms with Crippen molar-refractivity contribution in [3.63, 3.8) is 0 Å². The van der Waals surface area contributed by atoms with Crippen molar-refractivity contribution in [1.29, 1.82) is 0 Å². The van der Waals surface area contributed by atoms with Crippen molar-refractivity contribution in [2.24, 2.45) is 17.8 Å². The van der Waals surface area contributed by atoms with Gasteiger partial charge in [-0.15, -0.1) is 0 Å². The van der Waals surface area contributed by atoms with Crippen molar-refractivity contribution in [2.45, 2.75) is 65.5 Å². The van der Waals surface area contributed by atoms with E-state index < -0.39 is 0 Å². The third-order valence-electron chi connectivity index (χ3n) is 5.47. The summed E-state index contributed by atoms with van der Waals surface area (Å²) in [6.07, 6.45) is 5.11. The normalized spacial score (nSPS) is 30.7. The van der Waals surface area contributed by atoms with Gasteiger partial charge in [-0.3, -0.25) is 4.90 Å². The highest BCUT2D eigenvalue weighted by Crippen LogP contribution is 2.24. The van der Waals surface area contributed by atoms with E-state index >= 15 is 0 Å². The topological polar surface area (TPSA) is 24.5 Å². The Balaban J connectivity index is 1.94. The molecule has 0 aromatic heterocycles. The SMILES string of the molecule is CCC(C)C1CN(CC2CCOCC2)C(CC(C)C)CN1. The summed E-state index contributed by atoms with van der Waals surface area (Å²) in [5.41, 5.74) is 0. The van der Waals surface area contributed by atoms with Gasteiger partial charge in [-0.25, -0.2) is 0 Å². The lowest BCUT2D eigenvalue weighted by atomic mass is 9.91. The average molecular weight is 296 g/mol. The van der Waals surface area contributed by atoms with Crippen LogP contribution in [0.15, 0.2) is 0 Å². The van der Waals surface area contributed by atoms with Crippen LogP contribution >= 0.6 is 0 Å². The second-order valence-corrected chi connectivity index (χ2v) is 7.69. The fourth-order valence-corrected chi connectivity index (χ4v) is 3.81. The Morgan fingerprint density at radius 1 is 1.19 bits per heavy atom. The molecule has 2 saturated heterocycles. The Morgan fingerprint density at radius 3 is 2.52 bits per heavy atom. The highest BCUT2D eigenvalue weighted by atomic mass is 16.5. The van der Waals surface area contributed by atoms with Crippen LogP contribution in [0.3, 0.4) is 0 Å². The first kappa shape index (κ1) is 17.2. The van der Waals surface area contributed by atoms with Gasteiger partial charge in [0.2, 0.25) is 0 Å². The van der Waals surface area contributed by atoms with Gasteiger partial charge in [-0.05, 0) is 37.0 Å². The summed E-state index contributed by atoms with van der Waals surface area (Å²) in [5, 5.41) is 3.83. The molecule has 0 saturated carbocycles. The Bertz CT molecular complexity index is 287. The predicted octanol–water partition coefficient (Wildman–Crippen LogP) is 3.15. The number of hydrogen-bond acceptors (Lipinski definition) is 3. The smallest absolute Gasteiger partial charge is 0.0469 e. The van der Waals surface area contributed by atoms with Crippen molar-refractivity contribution < 1.29 is 4.74 Å². The summed E-state index contributed by atoms with van der Waals surface area (Å²) in [6.45, 7) is 15.1. The fourth-order valence-electron chi connectivity index (χ4n) is 3.81.